The highest BCUT2D eigenvalue weighted by Crippen LogP contribution is 2.22. The summed E-state index contributed by atoms with van der Waals surface area (Å²) < 4.78 is 3.65. The van der Waals surface area contributed by atoms with Crippen molar-refractivity contribution in [2.75, 3.05) is 5.32 Å². The van der Waals surface area contributed by atoms with Gasteiger partial charge in [-0.3, -0.25) is 9.20 Å². The predicted octanol–water partition coefficient (Wildman–Crippen LogP) is 3.87. The average Bonchev–Trinajstić information content (AvgIpc) is 3.21. The molecule has 0 radical (unpaired) electrons. The van der Waals surface area contributed by atoms with E-state index in [9.17, 15) is 4.79 Å². The summed E-state index contributed by atoms with van der Waals surface area (Å²) in [5.74, 6) is 0.436. The number of nitrogens with zero attached hydrogens (tertiary/aromatic N) is 4. The first-order valence-electron chi connectivity index (χ1n) is 7.23. The van der Waals surface area contributed by atoms with E-state index in [2.05, 4.69) is 29.2 Å². The third-order valence-corrected chi connectivity index (χ3v) is 4.61. The molecule has 0 saturated heterocycles. The molecule has 0 saturated carbocycles. The minimum absolute atomic E-state index is 0.221. The molecule has 0 aromatic carbocycles. The minimum Gasteiger partial charge on any atom is -0.307 e. The first-order chi connectivity index (χ1) is 11.1. The topological polar surface area (TPSA) is 64.2 Å². The van der Waals surface area contributed by atoms with Crippen LogP contribution in [0.2, 0.25) is 5.15 Å². The van der Waals surface area contributed by atoms with Gasteiger partial charge in [0.15, 0.2) is 10.1 Å². The second-order valence-electron chi connectivity index (χ2n) is 5.08. The van der Waals surface area contributed by atoms with Gasteiger partial charge in [-0.1, -0.05) is 18.5 Å². The second-order valence-corrected chi connectivity index (χ2v) is 6.32. The normalized spacial score (nSPS) is 13.0. The summed E-state index contributed by atoms with van der Waals surface area (Å²) >= 11 is 7.59. The average molecular weight is 350 g/mol. The van der Waals surface area contributed by atoms with Gasteiger partial charge in [0.1, 0.15) is 5.82 Å². The van der Waals surface area contributed by atoms with Gasteiger partial charge in [-0.2, -0.15) is 5.10 Å². The van der Waals surface area contributed by atoms with E-state index in [1.807, 2.05) is 16.0 Å². The lowest BCUT2D eigenvalue weighted by atomic mass is 10.3. The Labute approximate surface area is 142 Å². The van der Waals surface area contributed by atoms with Crippen LogP contribution in [-0.4, -0.2) is 25.1 Å². The van der Waals surface area contributed by atoms with Crippen LogP contribution >= 0.6 is 22.9 Å². The molecule has 8 heteroatoms. The Kier molecular flexibility index (Phi) is 4.49. The Morgan fingerprint density at radius 3 is 3.17 bits per heavy atom. The fourth-order valence-electron chi connectivity index (χ4n) is 2.19. The first-order valence-corrected chi connectivity index (χ1v) is 8.49. The SMILES string of the molecule is CCC(C)n1nccc1NC(=O)/C=C/c1c(Cl)nc2sccn12. The predicted molar refractivity (Wildman–Crippen MR) is 93.0 cm³/mol. The molecule has 0 aliphatic rings. The molecule has 3 rings (SSSR count). The highest BCUT2D eigenvalue weighted by atomic mass is 35.5. The van der Waals surface area contributed by atoms with Crippen LogP contribution in [0.1, 0.15) is 32.0 Å². The molecule has 1 amide bonds. The number of rotatable bonds is 5. The van der Waals surface area contributed by atoms with Gasteiger partial charge in [0.25, 0.3) is 0 Å². The molecule has 3 aromatic heterocycles. The third kappa shape index (κ3) is 3.16. The zero-order valence-electron chi connectivity index (χ0n) is 12.7. The van der Waals surface area contributed by atoms with Crippen molar-refractivity contribution in [2.45, 2.75) is 26.3 Å². The minimum atomic E-state index is -0.240. The molecule has 0 aliphatic carbocycles. The number of hydrogen-bond acceptors (Lipinski definition) is 4. The molecule has 3 heterocycles. The lowest BCUT2D eigenvalue weighted by Gasteiger charge is -2.13. The number of nitrogens with one attached hydrogen (secondary N) is 1. The smallest absolute Gasteiger partial charge is 0.249 e. The van der Waals surface area contributed by atoms with E-state index in [-0.39, 0.29) is 11.9 Å². The summed E-state index contributed by atoms with van der Waals surface area (Å²) in [7, 11) is 0. The van der Waals surface area contributed by atoms with Crippen molar-refractivity contribution in [3.8, 4) is 0 Å². The maximum absolute atomic E-state index is 12.1. The molecule has 23 heavy (non-hydrogen) atoms. The van der Waals surface area contributed by atoms with E-state index in [0.717, 1.165) is 11.4 Å². The molecule has 1 atom stereocenters. The zero-order valence-corrected chi connectivity index (χ0v) is 14.3. The number of imidazole rings is 1. The van der Waals surface area contributed by atoms with Crippen LogP contribution in [0.3, 0.4) is 0 Å². The lowest BCUT2D eigenvalue weighted by molar-refractivity contribution is -0.111. The van der Waals surface area contributed by atoms with E-state index in [1.54, 1.807) is 23.0 Å². The van der Waals surface area contributed by atoms with E-state index in [0.29, 0.717) is 16.7 Å². The number of anilines is 1. The van der Waals surface area contributed by atoms with Gasteiger partial charge in [-0.05, 0) is 19.4 Å². The molecule has 0 fully saturated rings. The Morgan fingerprint density at radius 2 is 2.39 bits per heavy atom. The van der Waals surface area contributed by atoms with Crippen LogP contribution in [-0.2, 0) is 4.79 Å². The van der Waals surface area contributed by atoms with Gasteiger partial charge in [0.05, 0.1) is 17.9 Å². The van der Waals surface area contributed by atoms with Gasteiger partial charge < -0.3 is 5.32 Å². The quantitative estimate of drug-likeness (QED) is 0.711. The summed E-state index contributed by atoms with van der Waals surface area (Å²) in [4.78, 5) is 17.2. The molecule has 120 valence electrons. The van der Waals surface area contributed by atoms with Crippen LogP contribution in [0.4, 0.5) is 5.82 Å². The van der Waals surface area contributed by atoms with Crippen molar-refractivity contribution in [2.24, 2.45) is 0 Å². The molecule has 6 nitrogen and oxygen atoms in total. The summed E-state index contributed by atoms with van der Waals surface area (Å²) in [5.41, 5.74) is 0.688. The van der Waals surface area contributed by atoms with Crippen LogP contribution in [0.15, 0.2) is 29.9 Å². The largest absolute Gasteiger partial charge is 0.307 e. The summed E-state index contributed by atoms with van der Waals surface area (Å²) in [6.45, 7) is 4.13. The van der Waals surface area contributed by atoms with Gasteiger partial charge in [0, 0.05) is 23.7 Å². The van der Waals surface area contributed by atoms with Crippen molar-refractivity contribution in [1.29, 1.82) is 0 Å². The zero-order chi connectivity index (χ0) is 16.4. The summed E-state index contributed by atoms with van der Waals surface area (Å²) in [6, 6.07) is 2.00. The fraction of sp³-hybridized carbons (Fsp3) is 0.267. The molecule has 1 unspecified atom stereocenters. The van der Waals surface area contributed by atoms with Gasteiger partial charge >= 0.3 is 0 Å². The van der Waals surface area contributed by atoms with Crippen molar-refractivity contribution in [3.63, 3.8) is 0 Å². The van der Waals surface area contributed by atoms with Crippen LogP contribution < -0.4 is 5.32 Å². The number of aromatic nitrogens is 4. The Hall–Kier alpha value is -2.12. The third-order valence-electron chi connectivity index (χ3n) is 3.58. The Balaban J connectivity index is 1.76. The molecular weight excluding hydrogens is 334 g/mol. The number of carbonyl (C=O) groups is 1. The number of hydrogen-bond donors (Lipinski definition) is 1. The molecular formula is C15H16ClN5OS. The molecule has 3 aromatic rings. The molecule has 0 aliphatic heterocycles. The monoisotopic (exact) mass is 349 g/mol. The summed E-state index contributed by atoms with van der Waals surface area (Å²) in [5, 5.41) is 9.37. The first kappa shape index (κ1) is 15.8. The fourth-order valence-corrected chi connectivity index (χ4v) is 3.19. The van der Waals surface area contributed by atoms with E-state index < -0.39 is 0 Å². The second kappa shape index (κ2) is 6.55. The van der Waals surface area contributed by atoms with Crippen LogP contribution in [0, 0.1) is 0 Å². The van der Waals surface area contributed by atoms with Gasteiger partial charge in [-0.15, -0.1) is 11.3 Å². The van der Waals surface area contributed by atoms with E-state index in [4.69, 9.17) is 11.6 Å². The maximum Gasteiger partial charge on any atom is 0.249 e. The van der Waals surface area contributed by atoms with Crippen molar-refractivity contribution < 1.29 is 4.79 Å². The van der Waals surface area contributed by atoms with Crippen LogP contribution in [0.5, 0.6) is 0 Å². The molecule has 1 N–H and O–H groups in total. The lowest BCUT2D eigenvalue weighted by Crippen LogP contribution is -2.15. The van der Waals surface area contributed by atoms with Crippen LogP contribution in [0.25, 0.3) is 11.0 Å². The van der Waals surface area contributed by atoms with Crippen molar-refractivity contribution in [1.82, 2.24) is 19.2 Å². The standard InChI is InChI=1S/C15H16ClN5OS/c1-3-10(2)21-12(6-7-17-21)18-13(22)5-4-11-14(16)19-15-20(11)8-9-23-15/h4-10H,3H2,1-2H3,(H,18,22)/b5-4+. The van der Waals surface area contributed by atoms with Crippen molar-refractivity contribution in [3.05, 3.63) is 40.8 Å². The molecule has 0 bridgehead atoms. The number of halogens is 1. The van der Waals surface area contributed by atoms with E-state index >= 15 is 0 Å². The number of fused-ring (bicyclic) bond motifs is 1. The van der Waals surface area contributed by atoms with Gasteiger partial charge in [-0.25, -0.2) is 9.67 Å². The van der Waals surface area contributed by atoms with Gasteiger partial charge in [0.2, 0.25) is 5.91 Å². The highest BCUT2D eigenvalue weighted by molar-refractivity contribution is 7.15. The van der Waals surface area contributed by atoms with E-state index in [1.165, 1.54) is 17.4 Å². The number of carbonyl (C=O) groups excluding carboxylic acids is 1. The number of thiazole rings is 1. The maximum atomic E-state index is 12.1. The van der Waals surface area contributed by atoms with Crippen molar-refractivity contribution >= 4 is 45.7 Å². The highest BCUT2D eigenvalue weighted by Gasteiger charge is 2.11. The Morgan fingerprint density at radius 1 is 1.57 bits per heavy atom. The summed E-state index contributed by atoms with van der Waals surface area (Å²) in [6.07, 6.45) is 7.58. The number of amides is 1. The molecule has 0 spiro atoms. The Bertz CT molecular complexity index is 862.